The first-order valence-electron chi connectivity index (χ1n) is 6.57. The fourth-order valence-electron chi connectivity index (χ4n) is 2.19. The Kier molecular flexibility index (Phi) is 4.81. The van der Waals surface area contributed by atoms with Crippen LogP contribution >= 0.6 is 0 Å². The summed E-state index contributed by atoms with van der Waals surface area (Å²) in [6, 6.07) is 5.14. The highest BCUT2D eigenvalue weighted by Crippen LogP contribution is 2.20. The molecule has 0 saturated heterocycles. The van der Waals surface area contributed by atoms with Crippen molar-refractivity contribution >= 4 is 0 Å². The lowest BCUT2D eigenvalue weighted by molar-refractivity contribution is 0.469. The molecule has 1 aromatic carbocycles. The summed E-state index contributed by atoms with van der Waals surface area (Å²) in [7, 11) is 0. The van der Waals surface area contributed by atoms with Gasteiger partial charge in [0.15, 0.2) is 0 Å². The fraction of sp³-hybridized carbons (Fsp3) is 0.357. The number of aryl methyl sites for hydroxylation is 1. The van der Waals surface area contributed by atoms with Crippen molar-refractivity contribution in [2.45, 2.75) is 32.4 Å². The Morgan fingerprint density at radius 1 is 1.35 bits per heavy atom. The van der Waals surface area contributed by atoms with Gasteiger partial charge in [0.2, 0.25) is 0 Å². The first-order valence-corrected chi connectivity index (χ1v) is 6.57. The molecule has 2 aromatic rings. The number of halogens is 2. The van der Waals surface area contributed by atoms with E-state index in [4.69, 9.17) is 5.84 Å². The van der Waals surface area contributed by atoms with Gasteiger partial charge in [-0.1, -0.05) is 13.0 Å². The number of benzene rings is 1. The van der Waals surface area contributed by atoms with Crippen molar-refractivity contribution in [3.05, 3.63) is 53.4 Å². The van der Waals surface area contributed by atoms with Gasteiger partial charge in [-0.25, -0.2) is 8.78 Å². The first kappa shape index (κ1) is 14.6. The van der Waals surface area contributed by atoms with E-state index in [2.05, 4.69) is 17.4 Å². The summed E-state index contributed by atoms with van der Waals surface area (Å²) in [5.74, 6) is 4.42. The second kappa shape index (κ2) is 6.58. The fourth-order valence-corrected chi connectivity index (χ4v) is 2.19. The molecule has 0 radical (unpaired) electrons. The Hall–Kier alpha value is -1.79. The summed E-state index contributed by atoms with van der Waals surface area (Å²) in [6.07, 6.45) is 2.96. The van der Waals surface area contributed by atoms with E-state index in [-0.39, 0.29) is 6.04 Å². The highest BCUT2D eigenvalue weighted by atomic mass is 19.1. The molecule has 1 aromatic heterocycles. The number of nitrogens with zero attached hydrogens (tertiary/aromatic N) is 2. The van der Waals surface area contributed by atoms with Gasteiger partial charge >= 0.3 is 0 Å². The molecule has 108 valence electrons. The van der Waals surface area contributed by atoms with Crippen molar-refractivity contribution in [3.63, 3.8) is 0 Å². The molecule has 0 aliphatic carbocycles. The third kappa shape index (κ3) is 3.20. The molecular formula is C14H18F2N4. The molecule has 1 unspecified atom stereocenters. The molecular weight excluding hydrogens is 262 g/mol. The van der Waals surface area contributed by atoms with E-state index in [1.165, 1.54) is 12.1 Å². The molecule has 0 saturated carbocycles. The van der Waals surface area contributed by atoms with Crippen molar-refractivity contribution < 1.29 is 8.78 Å². The second-order valence-corrected chi connectivity index (χ2v) is 4.64. The van der Waals surface area contributed by atoms with Gasteiger partial charge in [0, 0.05) is 18.8 Å². The largest absolute Gasteiger partial charge is 0.271 e. The van der Waals surface area contributed by atoms with E-state index in [1.54, 1.807) is 6.20 Å². The predicted octanol–water partition coefficient (Wildman–Crippen LogP) is 2.32. The summed E-state index contributed by atoms with van der Waals surface area (Å²) in [4.78, 5) is 0. The number of rotatable bonds is 6. The van der Waals surface area contributed by atoms with Crippen molar-refractivity contribution in [2.75, 3.05) is 0 Å². The number of hydrazine groups is 1. The molecule has 3 N–H and O–H groups in total. The lowest BCUT2D eigenvalue weighted by atomic mass is 10.0. The Balaban J connectivity index is 2.22. The molecule has 4 nitrogen and oxygen atoms in total. The number of aromatic nitrogens is 2. The van der Waals surface area contributed by atoms with Gasteiger partial charge in [0.25, 0.3) is 0 Å². The van der Waals surface area contributed by atoms with Gasteiger partial charge < -0.3 is 0 Å². The van der Waals surface area contributed by atoms with Crippen LogP contribution in [0.5, 0.6) is 0 Å². The zero-order valence-corrected chi connectivity index (χ0v) is 11.3. The lowest BCUT2D eigenvalue weighted by Crippen LogP contribution is -2.31. The minimum absolute atomic E-state index is 0.274. The Labute approximate surface area is 116 Å². The van der Waals surface area contributed by atoms with Gasteiger partial charge in [0.05, 0.1) is 11.7 Å². The molecule has 0 spiro atoms. The van der Waals surface area contributed by atoms with Gasteiger partial charge in [-0.2, -0.15) is 5.10 Å². The first-order chi connectivity index (χ1) is 9.65. The number of nitrogens with two attached hydrogens (primary N) is 1. The van der Waals surface area contributed by atoms with Crippen LogP contribution in [0.3, 0.4) is 0 Å². The highest BCUT2D eigenvalue weighted by Gasteiger charge is 2.17. The molecule has 2 rings (SSSR count). The maximum atomic E-state index is 13.7. The Morgan fingerprint density at radius 2 is 2.15 bits per heavy atom. The SMILES string of the molecule is CCCn1nccc1C(Cc1ccc(F)cc1F)NN. The molecule has 0 amide bonds. The maximum Gasteiger partial charge on any atom is 0.129 e. The molecule has 20 heavy (non-hydrogen) atoms. The predicted molar refractivity (Wildman–Crippen MR) is 72.6 cm³/mol. The maximum absolute atomic E-state index is 13.7. The van der Waals surface area contributed by atoms with Crippen LogP contribution < -0.4 is 11.3 Å². The lowest BCUT2D eigenvalue weighted by Gasteiger charge is -2.18. The van der Waals surface area contributed by atoms with Crippen molar-refractivity contribution in [1.82, 2.24) is 15.2 Å². The van der Waals surface area contributed by atoms with E-state index in [9.17, 15) is 8.78 Å². The van der Waals surface area contributed by atoms with Crippen LogP contribution in [0.15, 0.2) is 30.5 Å². The number of hydrogen-bond donors (Lipinski definition) is 2. The average molecular weight is 280 g/mol. The van der Waals surface area contributed by atoms with Crippen LogP contribution in [0.4, 0.5) is 8.78 Å². The molecule has 0 aliphatic heterocycles. The van der Waals surface area contributed by atoms with Gasteiger partial charge in [-0.05, 0) is 30.5 Å². The third-order valence-corrected chi connectivity index (χ3v) is 3.18. The number of hydrogen-bond acceptors (Lipinski definition) is 3. The van der Waals surface area contributed by atoms with E-state index in [1.807, 2.05) is 10.7 Å². The highest BCUT2D eigenvalue weighted by molar-refractivity contribution is 5.22. The van der Waals surface area contributed by atoms with Crippen LogP contribution in [0.25, 0.3) is 0 Å². The molecule has 0 bridgehead atoms. The molecule has 1 atom stereocenters. The second-order valence-electron chi connectivity index (χ2n) is 4.64. The topological polar surface area (TPSA) is 55.9 Å². The monoisotopic (exact) mass is 280 g/mol. The summed E-state index contributed by atoms with van der Waals surface area (Å²) >= 11 is 0. The van der Waals surface area contributed by atoms with Crippen LogP contribution in [0.2, 0.25) is 0 Å². The van der Waals surface area contributed by atoms with Crippen molar-refractivity contribution in [1.29, 1.82) is 0 Å². The Bertz CT molecular complexity index is 568. The van der Waals surface area contributed by atoms with E-state index in [0.29, 0.717) is 12.0 Å². The summed E-state index contributed by atoms with van der Waals surface area (Å²) < 4.78 is 28.5. The van der Waals surface area contributed by atoms with Crippen LogP contribution in [-0.2, 0) is 13.0 Å². The molecule has 1 heterocycles. The van der Waals surface area contributed by atoms with Crippen LogP contribution in [0.1, 0.15) is 30.6 Å². The quantitative estimate of drug-likeness (QED) is 0.630. The zero-order chi connectivity index (χ0) is 14.5. The van der Waals surface area contributed by atoms with Gasteiger partial charge in [-0.3, -0.25) is 16.0 Å². The van der Waals surface area contributed by atoms with Gasteiger partial charge in [-0.15, -0.1) is 0 Å². The summed E-state index contributed by atoms with van der Waals surface area (Å²) in [6.45, 7) is 2.82. The third-order valence-electron chi connectivity index (χ3n) is 3.18. The normalized spacial score (nSPS) is 12.6. The summed E-state index contributed by atoms with van der Waals surface area (Å²) in [5, 5.41) is 4.22. The van der Waals surface area contributed by atoms with Crippen LogP contribution in [0, 0.1) is 11.6 Å². The minimum atomic E-state index is -0.584. The zero-order valence-electron chi connectivity index (χ0n) is 11.3. The minimum Gasteiger partial charge on any atom is -0.271 e. The smallest absolute Gasteiger partial charge is 0.129 e. The summed E-state index contributed by atoms with van der Waals surface area (Å²) in [5.41, 5.74) is 3.97. The van der Waals surface area contributed by atoms with E-state index >= 15 is 0 Å². The van der Waals surface area contributed by atoms with Crippen LogP contribution in [-0.4, -0.2) is 9.78 Å². The molecule has 6 heteroatoms. The Morgan fingerprint density at radius 3 is 2.80 bits per heavy atom. The van der Waals surface area contributed by atoms with Gasteiger partial charge in [0.1, 0.15) is 11.6 Å². The van der Waals surface area contributed by atoms with Crippen molar-refractivity contribution in [3.8, 4) is 0 Å². The standard InChI is InChI=1S/C14H18F2N4/c1-2-7-20-14(5-6-18-20)13(19-17)8-10-3-4-11(15)9-12(10)16/h3-6,9,13,19H,2,7-8,17H2,1H3. The average Bonchev–Trinajstić information content (AvgIpc) is 2.87. The van der Waals surface area contributed by atoms with Crippen molar-refractivity contribution in [2.24, 2.45) is 5.84 Å². The van der Waals surface area contributed by atoms with E-state index in [0.717, 1.165) is 24.7 Å². The van der Waals surface area contributed by atoms with E-state index < -0.39 is 11.6 Å². The number of nitrogens with one attached hydrogen (secondary N) is 1. The molecule has 0 fully saturated rings. The molecule has 0 aliphatic rings.